The Bertz CT molecular complexity index is 747. The summed E-state index contributed by atoms with van der Waals surface area (Å²) in [6.45, 7) is 0. The number of halogens is 1. The van der Waals surface area contributed by atoms with Crippen LogP contribution in [0, 0.1) is 0 Å². The van der Waals surface area contributed by atoms with Crippen molar-refractivity contribution in [1.82, 2.24) is 0 Å². The van der Waals surface area contributed by atoms with Gasteiger partial charge in [-0.05, 0) is 30.3 Å². The highest BCUT2D eigenvalue weighted by Gasteiger charge is 2.09. The summed E-state index contributed by atoms with van der Waals surface area (Å²) in [4.78, 5) is 11.0. The summed E-state index contributed by atoms with van der Waals surface area (Å²) >= 11 is 5.82. The van der Waals surface area contributed by atoms with Gasteiger partial charge in [-0.1, -0.05) is 17.7 Å². The number of benzene rings is 2. The van der Waals surface area contributed by atoms with Crippen LogP contribution in [-0.2, 0) is 0 Å². The molecule has 0 aliphatic rings. The number of ether oxygens (including phenoxy) is 2. The molecule has 2 rings (SSSR count). The fraction of sp³-hybridized carbons (Fsp3) is 0.125. The van der Waals surface area contributed by atoms with Crippen molar-refractivity contribution in [3.8, 4) is 11.5 Å². The fourth-order valence-electron chi connectivity index (χ4n) is 1.95. The minimum atomic E-state index is -1.10. The molecule has 0 saturated heterocycles. The molecule has 2 aromatic carbocycles. The first-order valence-corrected chi connectivity index (χ1v) is 6.97. The summed E-state index contributed by atoms with van der Waals surface area (Å²) in [6, 6.07) is 9.95. The second-order valence-corrected chi connectivity index (χ2v) is 4.86. The number of rotatable bonds is 6. The number of hydrogen-bond acceptors (Lipinski definition) is 5. The molecule has 0 unspecified atom stereocenters. The van der Waals surface area contributed by atoms with Gasteiger partial charge in [-0.15, -0.1) is 0 Å². The van der Waals surface area contributed by atoms with Gasteiger partial charge in [0, 0.05) is 5.56 Å². The lowest BCUT2D eigenvalue weighted by Gasteiger charge is -2.09. The number of methoxy groups -OCH3 is 2. The first-order chi connectivity index (χ1) is 11.1. The monoisotopic (exact) mass is 334 g/mol. The van der Waals surface area contributed by atoms with E-state index in [0.717, 1.165) is 0 Å². The van der Waals surface area contributed by atoms with Crippen LogP contribution in [0.15, 0.2) is 41.5 Å². The van der Waals surface area contributed by atoms with E-state index >= 15 is 0 Å². The van der Waals surface area contributed by atoms with E-state index in [9.17, 15) is 4.79 Å². The molecule has 6 nitrogen and oxygen atoms in total. The first-order valence-electron chi connectivity index (χ1n) is 6.59. The SMILES string of the molecule is COc1cccc(C=NNc2ccc(Cl)c(C(=O)O)c2)c1OC. The highest BCUT2D eigenvalue weighted by Crippen LogP contribution is 2.29. The van der Waals surface area contributed by atoms with Crippen molar-refractivity contribution in [2.45, 2.75) is 0 Å². The largest absolute Gasteiger partial charge is 0.493 e. The normalized spacial score (nSPS) is 10.6. The van der Waals surface area contributed by atoms with Gasteiger partial charge in [0.25, 0.3) is 0 Å². The summed E-state index contributed by atoms with van der Waals surface area (Å²) in [6.07, 6.45) is 1.55. The van der Waals surface area contributed by atoms with Crippen LogP contribution in [0.4, 0.5) is 5.69 Å². The standard InChI is InChI=1S/C16H15ClN2O4/c1-22-14-5-3-4-10(15(14)23-2)9-18-19-11-6-7-13(17)12(8-11)16(20)21/h3-9,19H,1-2H3,(H,20,21). The van der Waals surface area contributed by atoms with Crippen molar-refractivity contribution in [3.63, 3.8) is 0 Å². The van der Waals surface area contributed by atoms with Crippen LogP contribution in [0.2, 0.25) is 5.02 Å². The topological polar surface area (TPSA) is 80.2 Å². The Kier molecular flexibility index (Phi) is 5.43. The molecule has 2 aromatic rings. The minimum Gasteiger partial charge on any atom is -0.493 e. The third kappa shape index (κ3) is 3.92. The van der Waals surface area contributed by atoms with Crippen molar-refractivity contribution in [2.75, 3.05) is 19.6 Å². The molecule has 0 amide bonds. The van der Waals surface area contributed by atoms with Crippen molar-refractivity contribution in [3.05, 3.63) is 52.5 Å². The number of nitrogens with zero attached hydrogens (tertiary/aromatic N) is 1. The second-order valence-electron chi connectivity index (χ2n) is 4.45. The maximum absolute atomic E-state index is 11.0. The molecule has 0 aromatic heterocycles. The van der Waals surface area contributed by atoms with E-state index in [0.29, 0.717) is 22.7 Å². The lowest BCUT2D eigenvalue weighted by Crippen LogP contribution is -2.00. The lowest BCUT2D eigenvalue weighted by atomic mass is 10.2. The van der Waals surface area contributed by atoms with Crippen molar-refractivity contribution in [1.29, 1.82) is 0 Å². The number of hydrogen-bond donors (Lipinski definition) is 2. The van der Waals surface area contributed by atoms with Gasteiger partial charge in [-0.25, -0.2) is 4.79 Å². The van der Waals surface area contributed by atoms with E-state index < -0.39 is 5.97 Å². The molecule has 0 fully saturated rings. The molecule has 2 N–H and O–H groups in total. The number of carboxylic acid groups (broad SMARTS) is 1. The molecule has 0 atom stereocenters. The van der Waals surface area contributed by atoms with Gasteiger partial charge in [-0.2, -0.15) is 5.10 Å². The summed E-state index contributed by atoms with van der Waals surface area (Å²) in [7, 11) is 3.10. The van der Waals surface area contributed by atoms with Gasteiger partial charge < -0.3 is 14.6 Å². The van der Waals surface area contributed by atoms with E-state index in [4.69, 9.17) is 26.2 Å². The van der Waals surface area contributed by atoms with E-state index in [-0.39, 0.29) is 10.6 Å². The zero-order valence-electron chi connectivity index (χ0n) is 12.5. The third-order valence-corrected chi connectivity index (χ3v) is 3.36. The van der Waals surface area contributed by atoms with Gasteiger partial charge in [0.2, 0.25) is 0 Å². The summed E-state index contributed by atoms with van der Waals surface area (Å²) in [5, 5.41) is 13.3. The first kappa shape index (κ1) is 16.6. The molecule has 23 heavy (non-hydrogen) atoms. The Balaban J connectivity index is 2.20. The average molecular weight is 335 g/mol. The van der Waals surface area contributed by atoms with Gasteiger partial charge >= 0.3 is 5.97 Å². The van der Waals surface area contributed by atoms with Crippen LogP contribution in [0.25, 0.3) is 0 Å². The smallest absolute Gasteiger partial charge is 0.337 e. The van der Waals surface area contributed by atoms with Gasteiger partial charge in [0.05, 0.1) is 36.7 Å². The molecule has 0 aliphatic heterocycles. The van der Waals surface area contributed by atoms with E-state index in [1.165, 1.54) is 12.1 Å². The molecular weight excluding hydrogens is 320 g/mol. The van der Waals surface area contributed by atoms with Crippen LogP contribution >= 0.6 is 11.6 Å². The summed E-state index contributed by atoms with van der Waals surface area (Å²) in [5.41, 5.74) is 3.98. The molecule has 0 heterocycles. The van der Waals surface area contributed by atoms with E-state index in [1.54, 1.807) is 32.6 Å². The van der Waals surface area contributed by atoms with Crippen LogP contribution in [0.3, 0.4) is 0 Å². The highest BCUT2D eigenvalue weighted by molar-refractivity contribution is 6.33. The summed E-state index contributed by atoms with van der Waals surface area (Å²) in [5.74, 6) is 0.0519. The second kappa shape index (κ2) is 7.51. The number of nitrogens with one attached hydrogen (secondary N) is 1. The number of aromatic carboxylic acids is 1. The van der Waals surface area contributed by atoms with Gasteiger partial charge in [0.15, 0.2) is 11.5 Å². The van der Waals surface area contributed by atoms with Crippen LogP contribution in [0.1, 0.15) is 15.9 Å². The Morgan fingerprint density at radius 2 is 2.04 bits per heavy atom. The maximum Gasteiger partial charge on any atom is 0.337 e. The Morgan fingerprint density at radius 1 is 1.26 bits per heavy atom. The van der Waals surface area contributed by atoms with Crippen LogP contribution < -0.4 is 14.9 Å². The van der Waals surface area contributed by atoms with E-state index in [2.05, 4.69) is 10.5 Å². The van der Waals surface area contributed by atoms with Crippen LogP contribution in [-0.4, -0.2) is 31.5 Å². The third-order valence-electron chi connectivity index (χ3n) is 3.03. The number of anilines is 1. The molecule has 0 saturated carbocycles. The number of carboxylic acids is 1. The average Bonchev–Trinajstić information content (AvgIpc) is 2.55. The van der Waals surface area contributed by atoms with Gasteiger partial charge in [0.1, 0.15) is 0 Å². The van der Waals surface area contributed by atoms with Crippen molar-refractivity contribution >= 4 is 29.5 Å². The predicted molar refractivity (Wildman–Crippen MR) is 89.2 cm³/mol. The molecular formula is C16H15ClN2O4. The highest BCUT2D eigenvalue weighted by atomic mass is 35.5. The Morgan fingerprint density at radius 3 is 2.70 bits per heavy atom. The number of hydrazone groups is 1. The molecule has 0 radical (unpaired) electrons. The van der Waals surface area contributed by atoms with Crippen LogP contribution in [0.5, 0.6) is 11.5 Å². The Labute approximate surface area is 138 Å². The zero-order valence-corrected chi connectivity index (χ0v) is 13.3. The quantitative estimate of drug-likeness (QED) is 0.624. The predicted octanol–water partition coefficient (Wildman–Crippen LogP) is 3.50. The molecule has 7 heteroatoms. The molecule has 120 valence electrons. The van der Waals surface area contributed by atoms with E-state index in [1.807, 2.05) is 12.1 Å². The molecule has 0 aliphatic carbocycles. The Hall–Kier alpha value is -2.73. The zero-order chi connectivity index (χ0) is 16.8. The fourth-order valence-corrected chi connectivity index (χ4v) is 2.15. The summed E-state index contributed by atoms with van der Waals surface area (Å²) < 4.78 is 10.5. The number of para-hydroxylation sites is 1. The van der Waals surface area contributed by atoms with Gasteiger partial charge in [-0.3, -0.25) is 5.43 Å². The number of carbonyl (C=O) groups is 1. The van der Waals surface area contributed by atoms with Crippen molar-refractivity contribution in [2.24, 2.45) is 5.10 Å². The molecule has 0 spiro atoms. The van der Waals surface area contributed by atoms with Crippen molar-refractivity contribution < 1.29 is 19.4 Å². The lowest BCUT2D eigenvalue weighted by molar-refractivity contribution is 0.0697. The minimum absolute atomic E-state index is 0.00540. The molecule has 0 bridgehead atoms. The maximum atomic E-state index is 11.0.